The van der Waals surface area contributed by atoms with Crippen molar-refractivity contribution in [2.75, 3.05) is 32.7 Å². The SMILES string of the molecule is CC(C)(C)NS(=O)(=O)N1CCCC1C(=O)N1CCNCC1. The minimum Gasteiger partial charge on any atom is -0.339 e. The molecule has 8 heteroatoms. The summed E-state index contributed by atoms with van der Waals surface area (Å²) in [5, 5.41) is 3.19. The van der Waals surface area contributed by atoms with Gasteiger partial charge in [0.05, 0.1) is 0 Å². The third-order valence-corrected chi connectivity index (χ3v) is 5.59. The molecule has 2 fully saturated rings. The minimum absolute atomic E-state index is 0.0618. The second-order valence-corrected chi connectivity index (χ2v) is 8.32. The standard InChI is InChI=1S/C13H26N4O3S/c1-13(2,3)15-21(19,20)17-8-4-5-11(17)12(18)16-9-6-14-7-10-16/h11,14-15H,4-10H2,1-3H3. The van der Waals surface area contributed by atoms with Crippen LogP contribution >= 0.6 is 0 Å². The number of hydrogen-bond acceptors (Lipinski definition) is 4. The molecule has 2 aliphatic rings. The van der Waals surface area contributed by atoms with Gasteiger partial charge in [0.2, 0.25) is 5.91 Å². The molecule has 1 amide bonds. The molecule has 0 bridgehead atoms. The molecule has 0 aromatic heterocycles. The number of carbonyl (C=O) groups is 1. The monoisotopic (exact) mass is 318 g/mol. The highest BCUT2D eigenvalue weighted by Gasteiger charge is 2.41. The van der Waals surface area contributed by atoms with E-state index in [0.29, 0.717) is 26.1 Å². The number of nitrogens with one attached hydrogen (secondary N) is 2. The molecular formula is C13H26N4O3S. The highest BCUT2D eigenvalue weighted by atomic mass is 32.2. The second-order valence-electron chi connectivity index (χ2n) is 6.70. The van der Waals surface area contributed by atoms with E-state index < -0.39 is 21.8 Å². The first-order valence-corrected chi connectivity index (χ1v) is 8.95. The van der Waals surface area contributed by atoms with Crippen molar-refractivity contribution in [1.29, 1.82) is 0 Å². The fourth-order valence-electron chi connectivity index (χ4n) is 2.82. The highest BCUT2D eigenvalue weighted by molar-refractivity contribution is 7.87. The van der Waals surface area contributed by atoms with Gasteiger partial charge < -0.3 is 10.2 Å². The number of rotatable bonds is 3. The molecule has 2 N–H and O–H groups in total. The largest absolute Gasteiger partial charge is 0.339 e. The van der Waals surface area contributed by atoms with Crippen LogP contribution in [0.2, 0.25) is 0 Å². The lowest BCUT2D eigenvalue weighted by atomic mass is 10.1. The van der Waals surface area contributed by atoms with Crippen LogP contribution in [0.4, 0.5) is 0 Å². The molecule has 7 nitrogen and oxygen atoms in total. The van der Waals surface area contributed by atoms with E-state index >= 15 is 0 Å². The van der Waals surface area contributed by atoms with Crippen molar-refractivity contribution in [2.45, 2.75) is 45.2 Å². The van der Waals surface area contributed by atoms with E-state index in [0.717, 1.165) is 19.5 Å². The molecule has 1 atom stereocenters. The summed E-state index contributed by atoms with van der Waals surface area (Å²) in [4.78, 5) is 14.4. The van der Waals surface area contributed by atoms with Gasteiger partial charge in [-0.1, -0.05) is 0 Å². The molecule has 0 saturated carbocycles. The Balaban J connectivity index is 2.10. The van der Waals surface area contributed by atoms with Gasteiger partial charge in [-0.15, -0.1) is 0 Å². The lowest BCUT2D eigenvalue weighted by molar-refractivity contribution is -0.135. The molecule has 1 unspecified atom stereocenters. The molecule has 122 valence electrons. The lowest BCUT2D eigenvalue weighted by Crippen LogP contribution is -2.56. The Labute approximate surface area is 127 Å². The first-order valence-electron chi connectivity index (χ1n) is 7.51. The van der Waals surface area contributed by atoms with Gasteiger partial charge in [-0.25, -0.2) is 0 Å². The highest BCUT2D eigenvalue weighted by Crippen LogP contribution is 2.23. The second kappa shape index (κ2) is 6.20. The van der Waals surface area contributed by atoms with Gasteiger partial charge in [0.1, 0.15) is 6.04 Å². The van der Waals surface area contributed by atoms with Crippen LogP contribution in [0.3, 0.4) is 0 Å². The van der Waals surface area contributed by atoms with Crippen molar-refractivity contribution in [1.82, 2.24) is 19.2 Å². The average molecular weight is 318 g/mol. The zero-order valence-electron chi connectivity index (χ0n) is 13.1. The number of amides is 1. The van der Waals surface area contributed by atoms with E-state index in [4.69, 9.17) is 0 Å². The molecule has 0 aliphatic carbocycles. The summed E-state index contributed by atoms with van der Waals surface area (Å²) in [5.74, 6) is -0.0618. The summed E-state index contributed by atoms with van der Waals surface area (Å²) in [6.07, 6.45) is 1.33. The van der Waals surface area contributed by atoms with Crippen molar-refractivity contribution in [2.24, 2.45) is 0 Å². The zero-order chi connectivity index (χ0) is 15.7. The quantitative estimate of drug-likeness (QED) is 0.736. The molecule has 0 radical (unpaired) electrons. The fourth-order valence-corrected chi connectivity index (χ4v) is 4.61. The molecule has 0 spiro atoms. The smallest absolute Gasteiger partial charge is 0.280 e. The average Bonchev–Trinajstić information content (AvgIpc) is 2.86. The molecule has 21 heavy (non-hydrogen) atoms. The van der Waals surface area contributed by atoms with Gasteiger partial charge in [0, 0.05) is 38.3 Å². The van der Waals surface area contributed by atoms with Crippen LogP contribution in [0.1, 0.15) is 33.6 Å². The Bertz CT molecular complexity index is 480. The zero-order valence-corrected chi connectivity index (χ0v) is 13.9. The van der Waals surface area contributed by atoms with Crippen LogP contribution in [-0.2, 0) is 15.0 Å². The Morgan fingerprint density at radius 3 is 2.38 bits per heavy atom. The van der Waals surface area contributed by atoms with Crippen LogP contribution in [0.25, 0.3) is 0 Å². The topological polar surface area (TPSA) is 81.8 Å². The number of hydrogen-bond donors (Lipinski definition) is 2. The predicted molar refractivity (Wildman–Crippen MR) is 81.0 cm³/mol. The van der Waals surface area contributed by atoms with Gasteiger partial charge in [0.15, 0.2) is 0 Å². The van der Waals surface area contributed by atoms with Crippen molar-refractivity contribution in [3.05, 3.63) is 0 Å². The normalized spacial score (nSPS) is 25.3. The van der Waals surface area contributed by atoms with Gasteiger partial charge in [-0.2, -0.15) is 17.4 Å². The maximum Gasteiger partial charge on any atom is 0.280 e. The van der Waals surface area contributed by atoms with E-state index in [2.05, 4.69) is 10.0 Å². The van der Waals surface area contributed by atoms with Crippen LogP contribution in [0.5, 0.6) is 0 Å². The van der Waals surface area contributed by atoms with Gasteiger partial charge in [-0.3, -0.25) is 4.79 Å². The summed E-state index contributed by atoms with van der Waals surface area (Å²) < 4.78 is 28.9. The third kappa shape index (κ3) is 4.15. The predicted octanol–water partition coefficient (Wildman–Crippen LogP) is -0.484. The maximum atomic E-state index is 12.6. The molecule has 2 heterocycles. The summed E-state index contributed by atoms with van der Waals surface area (Å²) in [6.45, 7) is 8.64. The van der Waals surface area contributed by atoms with Crippen molar-refractivity contribution < 1.29 is 13.2 Å². The van der Waals surface area contributed by atoms with Gasteiger partial charge in [-0.05, 0) is 33.6 Å². The molecule has 0 aromatic carbocycles. The number of nitrogens with zero attached hydrogens (tertiary/aromatic N) is 2. The Hall–Kier alpha value is -0.700. The Morgan fingerprint density at radius 1 is 1.19 bits per heavy atom. The number of carbonyl (C=O) groups excluding carboxylic acids is 1. The van der Waals surface area contributed by atoms with Gasteiger partial charge in [0.25, 0.3) is 10.2 Å². The molecule has 2 aliphatic heterocycles. The minimum atomic E-state index is -3.63. The fraction of sp³-hybridized carbons (Fsp3) is 0.923. The molecule has 0 aromatic rings. The van der Waals surface area contributed by atoms with E-state index in [-0.39, 0.29) is 5.91 Å². The first kappa shape index (κ1) is 16.7. The number of piperazine rings is 1. The summed E-state index contributed by atoms with van der Waals surface area (Å²) >= 11 is 0. The lowest BCUT2D eigenvalue weighted by Gasteiger charge is -2.33. The Morgan fingerprint density at radius 2 is 1.81 bits per heavy atom. The summed E-state index contributed by atoms with van der Waals surface area (Å²) in [5.41, 5.74) is -0.552. The van der Waals surface area contributed by atoms with Crippen LogP contribution in [0, 0.1) is 0 Å². The van der Waals surface area contributed by atoms with Crippen LogP contribution < -0.4 is 10.0 Å². The van der Waals surface area contributed by atoms with Crippen LogP contribution in [-0.4, -0.2) is 67.8 Å². The molecule has 2 saturated heterocycles. The van der Waals surface area contributed by atoms with E-state index in [1.165, 1.54) is 4.31 Å². The summed E-state index contributed by atoms with van der Waals surface area (Å²) in [7, 11) is -3.63. The van der Waals surface area contributed by atoms with Crippen molar-refractivity contribution in [3.63, 3.8) is 0 Å². The van der Waals surface area contributed by atoms with Crippen molar-refractivity contribution >= 4 is 16.1 Å². The molecular weight excluding hydrogens is 292 g/mol. The summed E-state index contributed by atoms with van der Waals surface area (Å²) in [6, 6.07) is -0.553. The molecule has 2 rings (SSSR count). The van der Waals surface area contributed by atoms with Crippen LogP contribution in [0.15, 0.2) is 0 Å². The first-order chi connectivity index (χ1) is 9.71. The van der Waals surface area contributed by atoms with E-state index in [1.807, 2.05) is 0 Å². The Kier molecular flexibility index (Phi) is 4.92. The maximum absolute atomic E-state index is 12.6. The van der Waals surface area contributed by atoms with E-state index in [1.54, 1.807) is 25.7 Å². The van der Waals surface area contributed by atoms with E-state index in [9.17, 15) is 13.2 Å². The third-order valence-electron chi connectivity index (χ3n) is 3.66. The van der Waals surface area contributed by atoms with Gasteiger partial charge >= 0.3 is 0 Å². The van der Waals surface area contributed by atoms with Crippen molar-refractivity contribution in [3.8, 4) is 0 Å².